The van der Waals surface area contributed by atoms with Crippen LogP contribution < -0.4 is 0 Å². The fourth-order valence-electron chi connectivity index (χ4n) is 1.69. The highest BCUT2D eigenvalue weighted by Gasteiger charge is 2.05. The van der Waals surface area contributed by atoms with Crippen molar-refractivity contribution in [3.63, 3.8) is 0 Å². The van der Waals surface area contributed by atoms with Gasteiger partial charge in [-0.05, 0) is 31.5 Å². The minimum absolute atomic E-state index is 0.820. The molecule has 0 fully saturated rings. The zero-order valence-electron chi connectivity index (χ0n) is 8.87. The Labute approximate surface area is 98.1 Å². The van der Waals surface area contributed by atoms with Gasteiger partial charge in [0, 0.05) is 11.5 Å². The van der Waals surface area contributed by atoms with Crippen molar-refractivity contribution in [3.8, 4) is 5.69 Å². The Bertz CT molecular complexity index is 474. The highest BCUT2D eigenvalue weighted by Crippen LogP contribution is 2.18. The van der Waals surface area contributed by atoms with Crippen LogP contribution in [0.15, 0.2) is 30.5 Å². The molecule has 1 aromatic heterocycles. The maximum atomic E-state index is 4.33. The summed E-state index contributed by atoms with van der Waals surface area (Å²) in [6.07, 6.45) is 1.83. The summed E-state index contributed by atoms with van der Waals surface area (Å²) in [7, 11) is 0. The number of hydrogen-bond acceptors (Lipinski definition) is 1. The quantitative estimate of drug-likeness (QED) is 0.761. The summed E-state index contributed by atoms with van der Waals surface area (Å²) in [4.78, 5) is 0. The van der Waals surface area contributed by atoms with E-state index in [0.29, 0.717) is 0 Å². The molecule has 78 valence electrons. The van der Waals surface area contributed by atoms with Crippen molar-refractivity contribution in [2.75, 3.05) is 0 Å². The van der Waals surface area contributed by atoms with Crippen molar-refractivity contribution >= 4 is 15.9 Å². The summed E-state index contributed by atoms with van der Waals surface area (Å²) in [5, 5.41) is 5.15. The van der Waals surface area contributed by atoms with Crippen LogP contribution in [0.4, 0.5) is 0 Å². The Morgan fingerprint density at radius 1 is 1.27 bits per heavy atom. The van der Waals surface area contributed by atoms with Crippen molar-refractivity contribution in [2.45, 2.75) is 19.2 Å². The maximum absolute atomic E-state index is 4.33. The molecule has 0 atom stereocenters. The first kappa shape index (κ1) is 10.4. The SMILES string of the molecule is Cc1ccc(-n2nccc2CBr)c(C)c1. The van der Waals surface area contributed by atoms with Crippen molar-refractivity contribution in [3.05, 3.63) is 47.3 Å². The lowest BCUT2D eigenvalue weighted by Gasteiger charge is -2.09. The summed E-state index contributed by atoms with van der Waals surface area (Å²) >= 11 is 3.46. The third-order valence-electron chi connectivity index (χ3n) is 2.44. The molecule has 2 rings (SSSR count). The van der Waals surface area contributed by atoms with Gasteiger partial charge in [-0.3, -0.25) is 0 Å². The molecule has 0 aliphatic heterocycles. The molecule has 2 nitrogen and oxygen atoms in total. The molecule has 2 aromatic rings. The average molecular weight is 265 g/mol. The normalized spacial score (nSPS) is 10.6. The lowest BCUT2D eigenvalue weighted by atomic mass is 10.1. The standard InChI is InChI=1S/C12H13BrN2/c1-9-3-4-12(10(2)7-9)15-11(8-13)5-6-14-15/h3-7H,8H2,1-2H3. The molecule has 0 aliphatic rings. The van der Waals surface area contributed by atoms with Gasteiger partial charge in [-0.2, -0.15) is 5.10 Å². The molecule has 1 aromatic carbocycles. The van der Waals surface area contributed by atoms with E-state index in [0.717, 1.165) is 11.0 Å². The smallest absolute Gasteiger partial charge is 0.0678 e. The molecule has 15 heavy (non-hydrogen) atoms. The molecule has 0 spiro atoms. The molecule has 0 aliphatic carbocycles. The number of rotatable bonds is 2. The fraction of sp³-hybridized carbons (Fsp3) is 0.250. The molecule has 0 N–H and O–H groups in total. The van der Waals surface area contributed by atoms with Crippen LogP contribution in [0.2, 0.25) is 0 Å². The minimum Gasteiger partial charge on any atom is -0.237 e. The molecule has 0 radical (unpaired) electrons. The second-order valence-electron chi connectivity index (χ2n) is 3.66. The van der Waals surface area contributed by atoms with Crippen molar-refractivity contribution in [1.82, 2.24) is 9.78 Å². The van der Waals surface area contributed by atoms with Gasteiger partial charge in [0.25, 0.3) is 0 Å². The predicted octanol–water partition coefficient (Wildman–Crippen LogP) is 3.38. The Morgan fingerprint density at radius 2 is 2.07 bits per heavy atom. The van der Waals surface area contributed by atoms with Crippen LogP contribution in [0.5, 0.6) is 0 Å². The van der Waals surface area contributed by atoms with Gasteiger partial charge in [0.1, 0.15) is 0 Å². The molecule has 0 bridgehead atoms. The molecule has 3 heteroatoms. The van der Waals surface area contributed by atoms with Gasteiger partial charge in [0.2, 0.25) is 0 Å². The van der Waals surface area contributed by atoms with Crippen LogP contribution in [0.3, 0.4) is 0 Å². The van der Waals surface area contributed by atoms with Crippen LogP contribution >= 0.6 is 15.9 Å². The number of hydrogen-bond donors (Lipinski definition) is 0. The van der Waals surface area contributed by atoms with Gasteiger partial charge in [-0.25, -0.2) is 4.68 Å². The molecular formula is C12H13BrN2. The number of aryl methyl sites for hydroxylation is 2. The van der Waals surface area contributed by atoms with Crippen LogP contribution in [0.1, 0.15) is 16.8 Å². The number of halogens is 1. The van der Waals surface area contributed by atoms with Gasteiger partial charge in [-0.1, -0.05) is 33.6 Å². The van der Waals surface area contributed by atoms with Gasteiger partial charge >= 0.3 is 0 Å². The van der Waals surface area contributed by atoms with E-state index in [1.165, 1.54) is 16.8 Å². The lowest BCUT2D eigenvalue weighted by molar-refractivity contribution is 0.836. The zero-order valence-corrected chi connectivity index (χ0v) is 10.5. The number of nitrogens with zero attached hydrogens (tertiary/aromatic N) is 2. The summed E-state index contributed by atoms with van der Waals surface area (Å²) < 4.78 is 1.98. The molecular weight excluding hydrogens is 252 g/mol. The minimum atomic E-state index is 0.820. The molecule has 0 saturated carbocycles. The Kier molecular flexibility index (Phi) is 2.91. The van der Waals surface area contributed by atoms with Crippen LogP contribution in [-0.2, 0) is 5.33 Å². The average Bonchev–Trinajstić information content (AvgIpc) is 2.65. The first-order chi connectivity index (χ1) is 7.22. The number of benzene rings is 1. The third kappa shape index (κ3) is 1.97. The first-order valence-corrected chi connectivity index (χ1v) is 6.01. The molecule has 0 unspecified atom stereocenters. The van der Waals surface area contributed by atoms with Gasteiger partial charge in [-0.15, -0.1) is 0 Å². The Hall–Kier alpha value is -1.09. The number of alkyl halides is 1. The van der Waals surface area contributed by atoms with E-state index in [4.69, 9.17) is 0 Å². The topological polar surface area (TPSA) is 17.8 Å². The molecule has 0 amide bonds. The Balaban J connectivity index is 2.54. The van der Waals surface area contributed by atoms with E-state index in [-0.39, 0.29) is 0 Å². The van der Waals surface area contributed by atoms with Crippen LogP contribution in [0.25, 0.3) is 5.69 Å². The predicted molar refractivity (Wildman–Crippen MR) is 65.7 cm³/mol. The van der Waals surface area contributed by atoms with E-state index in [1.807, 2.05) is 16.9 Å². The van der Waals surface area contributed by atoms with Gasteiger partial charge in [0.05, 0.1) is 11.4 Å². The van der Waals surface area contributed by atoms with E-state index >= 15 is 0 Å². The van der Waals surface area contributed by atoms with Crippen LogP contribution in [0, 0.1) is 13.8 Å². The van der Waals surface area contributed by atoms with Crippen molar-refractivity contribution < 1.29 is 0 Å². The summed E-state index contributed by atoms with van der Waals surface area (Å²) in [5.41, 5.74) is 4.85. The van der Waals surface area contributed by atoms with Crippen molar-refractivity contribution in [1.29, 1.82) is 0 Å². The zero-order chi connectivity index (χ0) is 10.8. The third-order valence-corrected chi connectivity index (χ3v) is 3.01. The molecule has 0 saturated heterocycles. The second-order valence-corrected chi connectivity index (χ2v) is 4.22. The van der Waals surface area contributed by atoms with E-state index in [1.54, 1.807) is 0 Å². The second kappa shape index (κ2) is 4.19. The fourth-order valence-corrected chi connectivity index (χ4v) is 2.12. The number of aromatic nitrogens is 2. The first-order valence-electron chi connectivity index (χ1n) is 4.89. The molecule has 1 heterocycles. The van der Waals surface area contributed by atoms with Crippen LogP contribution in [-0.4, -0.2) is 9.78 Å². The van der Waals surface area contributed by atoms with E-state index in [9.17, 15) is 0 Å². The lowest BCUT2D eigenvalue weighted by Crippen LogP contribution is -2.02. The van der Waals surface area contributed by atoms with E-state index < -0.39 is 0 Å². The monoisotopic (exact) mass is 264 g/mol. The summed E-state index contributed by atoms with van der Waals surface area (Å²) in [6, 6.07) is 8.43. The van der Waals surface area contributed by atoms with Gasteiger partial charge < -0.3 is 0 Å². The van der Waals surface area contributed by atoms with Gasteiger partial charge in [0.15, 0.2) is 0 Å². The summed E-state index contributed by atoms with van der Waals surface area (Å²) in [6.45, 7) is 4.22. The largest absolute Gasteiger partial charge is 0.237 e. The Morgan fingerprint density at radius 3 is 2.73 bits per heavy atom. The highest BCUT2D eigenvalue weighted by molar-refractivity contribution is 9.08. The highest BCUT2D eigenvalue weighted by atomic mass is 79.9. The summed E-state index contributed by atoms with van der Waals surface area (Å²) in [5.74, 6) is 0. The van der Waals surface area contributed by atoms with E-state index in [2.05, 4.69) is 53.1 Å². The maximum Gasteiger partial charge on any atom is 0.0678 e. The van der Waals surface area contributed by atoms with Crippen molar-refractivity contribution in [2.24, 2.45) is 0 Å².